The van der Waals surface area contributed by atoms with Crippen LogP contribution in [-0.4, -0.2) is 28.5 Å². The molecule has 33 heavy (non-hydrogen) atoms. The summed E-state index contributed by atoms with van der Waals surface area (Å²) < 4.78 is 10.7. The highest BCUT2D eigenvalue weighted by atomic mass is 16.5. The monoisotopic (exact) mass is 443 g/mol. The van der Waals surface area contributed by atoms with Crippen LogP contribution < -0.4 is 15.6 Å². The van der Waals surface area contributed by atoms with Gasteiger partial charge in [0.25, 0.3) is 11.5 Å². The lowest BCUT2D eigenvalue weighted by molar-refractivity contribution is -0.147. The normalized spacial score (nSPS) is 10.5. The molecule has 8 nitrogen and oxygen atoms in total. The van der Waals surface area contributed by atoms with Crippen LogP contribution in [0.2, 0.25) is 0 Å². The number of carbonyl (C=O) groups is 2. The molecular formula is C25H21N3O5. The number of carbonyl (C=O) groups excluding carboxylic acids is 2. The fraction of sp³-hybridized carbons (Fsp3) is 0.120. The summed E-state index contributed by atoms with van der Waals surface area (Å²) in [6.45, 7) is -0.414. The predicted octanol–water partition coefficient (Wildman–Crippen LogP) is 3.83. The number of nitrogens with one attached hydrogen (secondary N) is 2. The Morgan fingerprint density at radius 1 is 0.879 bits per heavy atom. The first-order chi connectivity index (χ1) is 16.1. The number of hydrogen-bond donors (Lipinski definition) is 2. The second kappa shape index (κ2) is 10.2. The molecule has 1 aromatic heterocycles. The number of aryl methyl sites for hydroxylation is 1. The molecule has 1 amide bonds. The van der Waals surface area contributed by atoms with E-state index in [-0.39, 0.29) is 18.4 Å². The van der Waals surface area contributed by atoms with Crippen LogP contribution in [-0.2, 0) is 20.7 Å². The smallest absolute Gasteiger partial charge is 0.306 e. The number of para-hydroxylation sites is 2. The fourth-order valence-corrected chi connectivity index (χ4v) is 3.12. The van der Waals surface area contributed by atoms with Crippen molar-refractivity contribution in [3.05, 3.63) is 95.0 Å². The molecule has 0 radical (unpaired) electrons. The van der Waals surface area contributed by atoms with Crippen LogP contribution in [0.25, 0.3) is 10.9 Å². The second-order valence-electron chi connectivity index (χ2n) is 7.18. The number of anilines is 1. The SMILES string of the molecule is O=C(COC(=O)CCc1nc2ccccc2c(=O)[nH]1)Nc1ccc(Oc2ccccc2)cc1. The number of nitrogens with zero attached hydrogens (tertiary/aromatic N) is 1. The Morgan fingerprint density at radius 3 is 2.36 bits per heavy atom. The van der Waals surface area contributed by atoms with Crippen LogP contribution in [0.5, 0.6) is 11.5 Å². The lowest BCUT2D eigenvalue weighted by Gasteiger charge is -2.09. The summed E-state index contributed by atoms with van der Waals surface area (Å²) in [5, 5.41) is 3.14. The van der Waals surface area contributed by atoms with E-state index in [9.17, 15) is 14.4 Å². The largest absolute Gasteiger partial charge is 0.457 e. The number of benzene rings is 3. The third-order valence-electron chi connectivity index (χ3n) is 4.71. The Kier molecular flexibility index (Phi) is 6.75. The maximum atomic E-state index is 12.1. The van der Waals surface area contributed by atoms with Gasteiger partial charge in [-0.2, -0.15) is 0 Å². The number of aromatic nitrogens is 2. The molecule has 0 bridgehead atoms. The van der Waals surface area contributed by atoms with E-state index < -0.39 is 18.5 Å². The fourth-order valence-electron chi connectivity index (χ4n) is 3.12. The number of amides is 1. The zero-order valence-corrected chi connectivity index (χ0v) is 17.6. The molecule has 0 aliphatic carbocycles. The average Bonchev–Trinajstić information content (AvgIpc) is 2.83. The van der Waals surface area contributed by atoms with Gasteiger partial charge >= 0.3 is 5.97 Å². The maximum absolute atomic E-state index is 12.1. The zero-order chi connectivity index (χ0) is 23.0. The molecule has 0 aliphatic heterocycles. The molecule has 8 heteroatoms. The Morgan fingerprint density at radius 2 is 1.58 bits per heavy atom. The molecule has 0 aliphatic rings. The molecule has 166 valence electrons. The van der Waals surface area contributed by atoms with Gasteiger partial charge in [0, 0.05) is 12.1 Å². The average molecular weight is 443 g/mol. The highest BCUT2D eigenvalue weighted by Gasteiger charge is 2.10. The molecule has 0 fully saturated rings. The van der Waals surface area contributed by atoms with E-state index in [1.54, 1.807) is 48.5 Å². The maximum Gasteiger partial charge on any atom is 0.306 e. The standard InChI is InChI=1S/C25H21N3O5/c29-23(26-17-10-12-19(13-11-17)33-18-6-2-1-3-7-18)16-32-24(30)15-14-22-27-21-9-5-4-8-20(21)25(31)28-22/h1-13H,14-16H2,(H,26,29)(H,27,28,31). The van der Waals surface area contributed by atoms with Gasteiger partial charge in [0.05, 0.1) is 17.3 Å². The molecule has 2 N–H and O–H groups in total. The van der Waals surface area contributed by atoms with E-state index >= 15 is 0 Å². The number of rotatable bonds is 8. The van der Waals surface area contributed by atoms with E-state index in [4.69, 9.17) is 9.47 Å². The van der Waals surface area contributed by atoms with E-state index in [0.29, 0.717) is 33.9 Å². The van der Waals surface area contributed by atoms with Gasteiger partial charge in [-0.3, -0.25) is 14.4 Å². The summed E-state index contributed by atoms with van der Waals surface area (Å²) in [6, 6.07) is 23.2. The van der Waals surface area contributed by atoms with Crippen LogP contribution in [0.15, 0.2) is 83.7 Å². The number of fused-ring (bicyclic) bond motifs is 1. The molecule has 3 aromatic carbocycles. The molecule has 0 atom stereocenters. The predicted molar refractivity (Wildman–Crippen MR) is 123 cm³/mol. The van der Waals surface area contributed by atoms with Crippen molar-refractivity contribution in [2.75, 3.05) is 11.9 Å². The van der Waals surface area contributed by atoms with Crippen molar-refractivity contribution in [3.63, 3.8) is 0 Å². The molecule has 0 unspecified atom stereocenters. The quantitative estimate of drug-likeness (QED) is 0.401. The molecule has 0 saturated heterocycles. The van der Waals surface area contributed by atoms with Crippen molar-refractivity contribution in [3.8, 4) is 11.5 Å². The van der Waals surface area contributed by atoms with Gasteiger partial charge in [0.1, 0.15) is 17.3 Å². The van der Waals surface area contributed by atoms with E-state index in [1.807, 2.05) is 30.3 Å². The summed E-state index contributed by atoms with van der Waals surface area (Å²) in [5.74, 6) is 0.706. The molecule has 0 spiro atoms. The minimum absolute atomic E-state index is 0.0138. The van der Waals surface area contributed by atoms with Crippen LogP contribution in [0.1, 0.15) is 12.2 Å². The van der Waals surface area contributed by atoms with Crippen molar-refractivity contribution in [2.45, 2.75) is 12.8 Å². The summed E-state index contributed by atoms with van der Waals surface area (Å²) >= 11 is 0. The first kappa shape index (κ1) is 21.8. The molecule has 4 aromatic rings. The zero-order valence-electron chi connectivity index (χ0n) is 17.6. The third-order valence-corrected chi connectivity index (χ3v) is 4.71. The second-order valence-corrected chi connectivity index (χ2v) is 7.18. The van der Waals surface area contributed by atoms with Crippen LogP contribution in [0, 0.1) is 0 Å². The Bertz CT molecular complexity index is 1320. The van der Waals surface area contributed by atoms with Gasteiger partial charge in [-0.15, -0.1) is 0 Å². The first-order valence-corrected chi connectivity index (χ1v) is 10.3. The number of aromatic amines is 1. The van der Waals surface area contributed by atoms with Gasteiger partial charge < -0.3 is 19.8 Å². The van der Waals surface area contributed by atoms with Crippen LogP contribution in [0.4, 0.5) is 5.69 Å². The van der Waals surface area contributed by atoms with Gasteiger partial charge in [0.2, 0.25) is 0 Å². The minimum atomic E-state index is -0.562. The topological polar surface area (TPSA) is 110 Å². The Labute approximate surface area is 189 Å². The molecule has 1 heterocycles. The van der Waals surface area contributed by atoms with E-state index in [2.05, 4.69) is 15.3 Å². The highest BCUT2D eigenvalue weighted by molar-refractivity contribution is 5.92. The highest BCUT2D eigenvalue weighted by Crippen LogP contribution is 2.22. The van der Waals surface area contributed by atoms with Crippen molar-refractivity contribution >= 4 is 28.5 Å². The van der Waals surface area contributed by atoms with Gasteiger partial charge in [0.15, 0.2) is 6.61 Å². The van der Waals surface area contributed by atoms with Gasteiger partial charge in [-0.1, -0.05) is 30.3 Å². The Balaban J connectivity index is 1.22. The van der Waals surface area contributed by atoms with Crippen LogP contribution >= 0.6 is 0 Å². The number of ether oxygens (including phenoxy) is 2. The molecular weight excluding hydrogens is 422 g/mol. The van der Waals surface area contributed by atoms with Crippen molar-refractivity contribution in [2.24, 2.45) is 0 Å². The number of hydrogen-bond acceptors (Lipinski definition) is 6. The molecule has 0 saturated carbocycles. The first-order valence-electron chi connectivity index (χ1n) is 10.3. The lowest BCUT2D eigenvalue weighted by Crippen LogP contribution is -2.21. The van der Waals surface area contributed by atoms with Gasteiger partial charge in [-0.05, 0) is 48.5 Å². The molecule has 4 rings (SSSR count). The minimum Gasteiger partial charge on any atom is -0.457 e. The Hall–Kier alpha value is -4.46. The number of H-pyrrole nitrogens is 1. The number of esters is 1. The van der Waals surface area contributed by atoms with Crippen molar-refractivity contribution in [1.29, 1.82) is 0 Å². The summed E-state index contributed by atoms with van der Waals surface area (Å²) in [4.78, 5) is 43.2. The van der Waals surface area contributed by atoms with E-state index in [1.165, 1.54) is 0 Å². The summed E-state index contributed by atoms with van der Waals surface area (Å²) in [6.07, 6.45) is 0.184. The van der Waals surface area contributed by atoms with E-state index in [0.717, 1.165) is 0 Å². The summed E-state index contributed by atoms with van der Waals surface area (Å²) in [7, 11) is 0. The van der Waals surface area contributed by atoms with Crippen molar-refractivity contribution < 1.29 is 19.1 Å². The third kappa shape index (κ3) is 6.04. The van der Waals surface area contributed by atoms with Gasteiger partial charge in [-0.25, -0.2) is 4.98 Å². The summed E-state index contributed by atoms with van der Waals surface area (Å²) in [5.41, 5.74) is 0.849. The van der Waals surface area contributed by atoms with Crippen molar-refractivity contribution in [1.82, 2.24) is 9.97 Å². The van der Waals surface area contributed by atoms with Crippen LogP contribution in [0.3, 0.4) is 0 Å². The lowest BCUT2D eigenvalue weighted by atomic mass is 10.2.